The fourth-order valence-corrected chi connectivity index (χ4v) is 3.31. The lowest BCUT2D eigenvalue weighted by Crippen LogP contribution is -2.53. The molecule has 1 heterocycles. The second kappa shape index (κ2) is 8.05. The molecule has 0 fully saturated rings. The van der Waals surface area contributed by atoms with Crippen LogP contribution in [0.5, 0.6) is 5.75 Å². The highest BCUT2D eigenvalue weighted by Crippen LogP contribution is 2.44. The summed E-state index contributed by atoms with van der Waals surface area (Å²) in [5, 5.41) is 21.5. The Labute approximate surface area is 168 Å². The minimum absolute atomic E-state index is 0.0825. The van der Waals surface area contributed by atoms with Gasteiger partial charge in [0.1, 0.15) is 11.6 Å². The van der Waals surface area contributed by atoms with E-state index < -0.39 is 52.1 Å². The predicted molar refractivity (Wildman–Crippen MR) is 99.0 cm³/mol. The van der Waals surface area contributed by atoms with Gasteiger partial charge in [0.15, 0.2) is 5.60 Å². The molecule has 0 aliphatic carbocycles. The molecule has 1 aromatic heterocycles. The number of benzene rings is 1. The maximum absolute atomic E-state index is 13.9. The third-order valence-electron chi connectivity index (χ3n) is 4.76. The van der Waals surface area contributed by atoms with E-state index >= 15 is 0 Å². The molecule has 11 heteroatoms. The fourth-order valence-electron chi connectivity index (χ4n) is 3.31. The van der Waals surface area contributed by atoms with Crippen LogP contribution in [0.4, 0.5) is 23.2 Å². The zero-order chi connectivity index (χ0) is 22.9. The summed E-state index contributed by atoms with van der Waals surface area (Å²) in [5.41, 5.74) is -6.39. The van der Waals surface area contributed by atoms with Crippen LogP contribution < -0.4 is 10.3 Å². The Morgan fingerprint density at radius 1 is 1.20 bits per heavy atom. The van der Waals surface area contributed by atoms with E-state index in [0.29, 0.717) is 10.8 Å². The molecule has 0 spiro atoms. The summed E-state index contributed by atoms with van der Waals surface area (Å²) >= 11 is 0. The zero-order valence-electron chi connectivity index (χ0n) is 16.4. The molecule has 0 bridgehead atoms. The Balaban J connectivity index is 2.53. The molecule has 30 heavy (non-hydrogen) atoms. The van der Waals surface area contributed by atoms with Crippen LogP contribution in [0.3, 0.4) is 0 Å². The second-order valence-electron chi connectivity index (χ2n) is 7.55. The van der Waals surface area contributed by atoms with Crippen molar-refractivity contribution in [3.63, 3.8) is 0 Å². The number of aromatic nitrogens is 1. The first-order chi connectivity index (χ1) is 13.7. The van der Waals surface area contributed by atoms with Gasteiger partial charge in [0.25, 0.3) is 11.2 Å². The zero-order valence-corrected chi connectivity index (χ0v) is 16.4. The Morgan fingerprint density at radius 2 is 1.83 bits per heavy atom. The van der Waals surface area contributed by atoms with Gasteiger partial charge in [0.05, 0.1) is 24.8 Å². The molecule has 2 rings (SSSR count). The molecule has 1 atom stereocenters. The number of nitrogens with zero attached hydrogens (tertiary/aromatic N) is 2. The van der Waals surface area contributed by atoms with Crippen molar-refractivity contribution in [2.45, 2.75) is 44.0 Å². The highest BCUT2D eigenvalue weighted by atomic mass is 19.4. The summed E-state index contributed by atoms with van der Waals surface area (Å²) in [6, 6.07) is 4.94. The van der Waals surface area contributed by atoms with Crippen LogP contribution in [-0.2, 0) is 12.0 Å². The van der Waals surface area contributed by atoms with Crippen LogP contribution in [0, 0.1) is 15.9 Å². The van der Waals surface area contributed by atoms with Crippen LogP contribution in [0.2, 0.25) is 0 Å². The van der Waals surface area contributed by atoms with Crippen molar-refractivity contribution in [2.75, 3.05) is 7.11 Å². The number of alkyl halides is 3. The summed E-state index contributed by atoms with van der Waals surface area (Å²) in [6.45, 7) is 1.44. The topological polar surface area (TPSA) is 94.6 Å². The molecule has 0 aliphatic heterocycles. The maximum atomic E-state index is 13.9. The summed E-state index contributed by atoms with van der Waals surface area (Å²) in [4.78, 5) is 22.0. The SMILES string of the molecule is COc1ccc(F)cc1C(C)(C)CC(O)(Cn1cc([N+](=O)[O-])ccc1=O)C(F)(F)F. The molecule has 1 N–H and O–H groups in total. The number of hydrogen-bond acceptors (Lipinski definition) is 5. The lowest BCUT2D eigenvalue weighted by molar-refractivity contribution is -0.385. The van der Waals surface area contributed by atoms with Crippen LogP contribution >= 0.6 is 0 Å². The van der Waals surface area contributed by atoms with Gasteiger partial charge in [-0.15, -0.1) is 0 Å². The van der Waals surface area contributed by atoms with E-state index in [9.17, 15) is 37.6 Å². The van der Waals surface area contributed by atoms with Crippen molar-refractivity contribution in [3.05, 3.63) is 68.4 Å². The number of halogens is 4. The van der Waals surface area contributed by atoms with Crippen LogP contribution in [0.15, 0.2) is 41.3 Å². The predicted octanol–water partition coefficient (Wildman–Crippen LogP) is 3.57. The van der Waals surface area contributed by atoms with E-state index in [-0.39, 0.29) is 11.3 Å². The van der Waals surface area contributed by atoms with Gasteiger partial charge >= 0.3 is 6.18 Å². The molecular weight excluding hydrogens is 412 g/mol. The second-order valence-corrected chi connectivity index (χ2v) is 7.55. The number of methoxy groups -OCH3 is 1. The summed E-state index contributed by atoms with van der Waals surface area (Å²) in [7, 11) is 1.27. The minimum atomic E-state index is -5.20. The average molecular weight is 432 g/mol. The van der Waals surface area contributed by atoms with Gasteiger partial charge in [-0.1, -0.05) is 13.8 Å². The van der Waals surface area contributed by atoms with E-state index in [1.165, 1.54) is 27.0 Å². The van der Waals surface area contributed by atoms with Gasteiger partial charge in [-0.2, -0.15) is 13.2 Å². The normalized spacial score (nSPS) is 14.3. The quantitative estimate of drug-likeness (QED) is 0.410. The summed E-state index contributed by atoms with van der Waals surface area (Å²) in [6.07, 6.45) is -5.54. The lowest BCUT2D eigenvalue weighted by Gasteiger charge is -2.38. The number of nitro groups is 1. The third kappa shape index (κ3) is 4.78. The molecule has 0 aliphatic rings. The number of pyridine rings is 1. The summed E-state index contributed by atoms with van der Waals surface area (Å²) in [5.74, 6) is -0.581. The van der Waals surface area contributed by atoms with Gasteiger partial charge in [-0.25, -0.2) is 4.39 Å². The molecule has 2 aromatic rings. The van der Waals surface area contributed by atoms with E-state index in [0.717, 1.165) is 24.3 Å². The average Bonchev–Trinajstić information content (AvgIpc) is 2.62. The molecular formula is C19H20F4N2O5. The molecule has 0 amide bonds. The van der Waals surface area contributed by atoms with E-state index in [4.69, 9.17) is 4.74 Å². The van der Waals surface area contributed by atoms with Gasteiger partial charge < -0.3 is 14.4 Å². The Bertz CT molecular complexity index is 1000. The van der Waals surface area contributed by atoms with Crippen molar-refractivity contribution in [2.24, 2.45) is 0 Å². The molecule has 0 saturated carbocycles. The van der Waals surface area contributed by atoms with Gasteiger partial charge in [-0.3, -0.25) is 14.9 Å². The smallest absolute Gasteiger partial charge is 0.418 e. The molecule has 1 unspecified atom stereocenters. The van der Waals surface area contributed by atoms with Gasteiger partial charge in [0, 0.05) is 17.7 Å². The number of hydrogen-bond donors (Lipinski definition) is 1. The minimum Gasteiger partial charge on any atom is -0.496 e. The highest BCUT2D eigenvalue weighted by molar-refractivity contribution is 5.39. The maximum Gasteiger partial charge on any atom is 0.418 e. The number of ether oxygens (including phenoxy) is 1. The van der Waals surface area contributed by atoms with Crippen LogP contribution in [0.1, 0.15) is 25.8 Å². The molecule has 0 saturated heterocycles. The Morgan fingerprint density at radius 3 is 2.37 bits per heavy atom. The lowest BCUT2D eigenvalue weighted by atomic mass is 9.74. The van der Waals surface area contributed by atoms with E-state index in [1.54, 1.807) is 0 Å². The highest BCUT2D eigenvalue weighted by Gasteiger charge is 2.56. The van der Waals surface area contributed by atoms with Crippen molar-refractivity contribution >= 4 is 5.69 Å². The van der Waals surface area contributed by atoms with Crippen molar-refractivity contribution in [1.29, 1.82) is 0 Å². The monoisotopic (exact) mass is 432 g/mol. The first-order valence-electron chi connectivity index (χ1n) is 8.68. The van der Waals surface area contributed by atoms with Crippen LogP contribution in [-0.4, -0.2) is 33.5 Å². The van der Waals surface area contributed by atoms with E-state index in [1.807, 2.05) is 0 Å². The molecule has 1 aromatic carbocycles. The van der Waals surface area contributed by atoms with Gasteiger partial charge in [0.2, 0.25) is 0 Å². The first-order valence-corrected chi connectivity index (χ1v) is 8.68. The molecule has 0 radical (unpaired) electrons. The number of rotatable bonds is 7. The third-order valence-corrected chi connectivity index (χ3v) is 4.76. The largest absolute Gasteiger partial charge is 0.496 e. The van der Waals surface area contributed by atoms with Crippen LogP contribution in [0.25, 0.3) is 0 Å². The molecule has 7 nitrogen and oxygen atoms in total. The summed E-state index contributed by atoms with van der Waals surface area (Å²) < 4.78 is 60.9. The van der Waals surface area contributed by atoms with Crippen molar-refractivity contribution < 1.29 is 32.3 Å². The molecule has 164 valence electrons. The standard InChI is InChI=1S/C19H20F4N2O5/c1-17(2,14-8-12(20)4-6-15(14)30-3)10-18(27,19(21,22)23)11-24-9-13(25(28)29)5-7-16(24)26/h4-9,27H,10-11H2,1-3H3. The first kappa shape index (κ1) is 23.3. The Kier molecular flexibility index (Phi) is 6.26. The fraction of sp³-hybridized carbons (Fsp3) is 0.421. The number of aliphatic hydroxyl groups is 1. The van der Waals surface area contributed by atoms with Gasteiger partial charge in [-0.05, 0) is 30.0 Å². The Hall–Kier alpha value is -2.95. The van der Waals surface area contributed by atoms with Crippen molar-refractivity contribution in [1.82, 2.24) is 4.57 Å². The van der Waals surface area contributed by atoms with E-state index in [2.05, 4.69) is 0 Å². The van der Waals surface area contributed by atoms with Crippen molar-refractivity contribution in [3.8, 4) is 5.75 Å².